The average Bonchev–Trinajstić information content (AvgIpc) is 2.37. The van der Waals surface area contributed by atoms with E-state index >= 15 is 0 Å². The van der Waals surface area contributed by atoms with Crippen LogP contribution >= 0.6 is 23.2 Å². The van der Waals surface area contributed by atoms with Gasteiger partial charge in [0.25, 0.3) is 0 Å². The van der Waals surface area contributed by atoms with E-state index in [9.17, 15) is 8.42 Å². The van der Waals surface area contributed by atoms with Crippen LogP contribution < -0.4 is 5.73 Å². The van der Waals surface area contributed by atoms with Crippen molar-refractivity contribution in [2.75, 3.05) is 12.3 Å². The first-order valence-electron chi connectivity index (χ1n) is 7.14. The number of halogens is 2. The Kier molecular flexibility index (Phi) is 5.41. The van der Waals surface area contributed by atoms with E-state index in [0.717, 1.165) is 32.1 Å². The van der Waals surface area contributed by atoms with E-state index in [2.05, 4.69) is 6.92 Å². The van der Waals surface area contributed by atoms with Crippen molar-refractivity contribution < 1.29 is 8.42 Å². The predicted molar refractivity (Wildman–Crippen MR) is 87.3 cm³/mol. The molecule has 1 saturated heterocycles. The van der Waals surface area contributed by atoms with Gasteiger partial charge in [-0.1, -0.05) is 43.0 Å². The van der Waals surface area contributed by atoms with Gasteiger partial charge < -0.3 is 5.73 Å². The molecule has 0 spiro atoms. The van der Waals surface area contributed by atoms with Gasteiger partial charge in [0.1, 0.15) is 4.90 Å². The molecule has 0 amide bonds. The quantitative estimate of drug-likeness (QED) is 0.837. The van der Waals surface area contributed by atoms with E-state index in [1.54, 1.807) is 4.31 Å². The molecule has 118 valence electrons. The smallest absolute Gasteiger partial charge is 0.246 e. The maximum absolute atomic E-state index is 12.9. The highest BCUT2D eigenvalue weighted by Gasteiger charge is 2.35. The normalized spacial score (nSPS) is 20.6. The summed E-state index contributed by atoms with van der Waals surface area (Å²) < 4.78 is 27.4. The van der Waals surface area contributed by atoms with Gasteiger partial charge >= 0.3 is 0 Å². The zero-order valence-electron chi connectivity index (χ0n) is 12.0. The Hall–Kier alpha value is -0.490. The van der Waals surface area contributed by atoms with Crippen molar-refractivity contribution in [2.24, 2.45) is 0 Å². The Labute approximate surface area is 136 Å². The summed E-state index contributed by atoms with van der Waals surface area (Å²) in [6.07, 6.45) is 4.60. The van der Waals surface area contributed by atoms with Crippen LogP contribution in [-0.2, 0) is 10.0 Å². The van der Waals surface area contributed by atoms with E-state index in [1.807, 2.05) is 0 Å². The molecule has 4 nitrogen and oxygen atoms in total. The van der Waals surface area contributed by atoms with Crippen molar-refractivity contribution in [2.45, 2.75) is 50.0 Å². The first-order valence-corrected chi connectivity index (χ1v) is 9.34. The minimum atomic E-state index is -3.70. The topological polar surface area (TPSA) is 63.4 Å². The van der Waals surface area contributed by atoms with Crippen LogP contribution in [0, 0.1) is 0 Å². The summed E-state index contributed by atoms with van der Waals surface area (Å²) in [5, 5.41) is 0.168. The average molecular weight is 351 g/mol. The fraction of sp³-hybridized carbons (Fsp3) is 0.571. The van der Waals surface area contributed by atoms with Gasteiger partial charge in [-0.05, 0) is 31.4 Å². The Morgan fingerprint density at radius 1 is 1.29 bits per heavy atom. The molecule has 0 radical (unpaired) electrons. The molecule has 2 rings (SSSR count). The van der Waals surface area contributed by atoms with Gasteiger partial charge in [-0.3, -0.25) is 0 Å². The van der Waals surface area contributed by atoms with Crippen molar-refractivity contribution in [3.05, 3.63) is 22.2 Å². The fourth-order valence-corrected chi connectivity index (χ4v) is 5.76. The molecule has 1 unspecified atom stereocenters. The Bertz CT molecular complexity index is 594. The zero-order valence-corrected chi connectivity index (χ0v) is 14.3. The SMILES string of the molecule is CCCC1CCCCN1S(=O)(=O)c1c(Cl)cc(N)cc1Cl. The van der Waals surface area contributed by atoms with Crippen LogP contribution in [0.15, 0.2) is 17.0 Å². The fourth-order valence-electron chi connectivity index (χ4n) is 2.86. The summed E-state index contributed by atoms with van der Waals surface area (Å²) in [5.41, 5.74) is 6.00. The molecule has 1 aliphatic heterocycles. The molecule has 1 aromatic carbocycles. The van der Waals surface area contributed by atoms with Crippen LogP contribution in [0.1, 0.15) is 39.0 Å². The van der Waals surface area contributed by atoms with Crippen LogP contribution in [0.3, 0.4) is 0 Å². The molecule has 21 heavy (non-hydrogen) atoms. The molecule has 0 bridgehead atoms. The lowest BCUT2D eigenvalue weighted by Gasteiger charge is -2.35. The molecule has 1 atom stereocenters. The highest BCUT2D eigenvalue weighted by atomic mass is 35.5. The van der Waals surface area contributed by atoms with Crippen molar-refractivity contribution in [1.82, 2.24) is 4.31 Å². The molecule has 2 N–H and O–H groups in total. The van der Waals surface area contributed by atoms with E-state index in [0.29, 0.717) is 12.2 Å². The summed E-state index contributed by atoms with van der Waals surface area (Å²) in [6, 6.07) is 2.89. The third kappa shape index (κ3) is 3.47. The molecule has 0 aliphatic carbocycles. The molecule has 0 saturated carbocycles. The summed E-state index contributed by atoms with van der Waals surface area (Å²) >= 11 is 12.2. The lowest BCUT2D eigenvalue weighted by atomic mass is 10.0. The minimum absolute atomic E-state index is 0.0250. The molecule has 0 aromatic heterocycles. The number of anilines is 1. The van der Waals surface area contributed by atoms with Gasteiger partial charge in [-0.25, -0.2) is 8.42 Å². The van der Waals surface area contributed by atoms with Gasteiger partial charge in [0.2, 0.25) is 10.0 Å². The molecular formula is C14H20Cl2N2O2S. The largest absolute Gasteiger partial charge is 0.399 e. The first kappa shape index (κ1) is 16.9. The highest BCUT2D eigenvalue weighted by molar-refractivity contribution is 7.89. The van der Waals surface area contributed by atoms with E-state index in [-0.39, 0.29) is 21.0 Å². The second kappa shape index (κ2) is 6.73. The Morgan fingerprint density at radius 2 is 1.90 bits per heavy atom. The number of nitrogens with zero attached hydrogens (tertiary/aromatic N) is 1. The van der Waals surface area contributed by atoms with Crippen LogP contribution in [-0.4, -0.2) is 25.3 Å². The minimum Gasteiger partial charge on any atom is -0.399 e. The second-order valence-corrected chi connectivity index (χ2v) is 8.01. The second-order valence-electron chi connectivity index (χ2n) is 5.37. The van der Waals surface area contributed by atoms with E-state index < -0.39 is 10.0 Å². The van der Waals surface area contributed by atoms with Crippen molar-refractivity contribution in [3.63, 3.8) is 0 Å². The summed E-state index contributed by atoms with van der Waals surface area (Å²) in [6.45, 7) is 2.58. The van der Waals surface area contributed by atoms with Gasteiger partial charge in [-0.15, -0.1) is 0 Å². The summed E-state index contributed by atoms with van der Waals surface area (Å²) in [7, 11) is -3.70. The van der Waals surface area contributed by atoms with E-state index in [4.69, 9.17) is 28.9 Å². The highest BCUT2D eigenvalue weighted by Crippen LogP contribution is 2.36. The third-order valence-electron chi connectivity index (χ3n) is 3.78. The van der Waals surface area contributed by atoms with Crippen LogP contribution in [0.25, 0.3) is 0 Å². The zero-order chi connectivity index (χ0) is 15.6. The molecule has 1 aromatic rings. The van der Waals surface area contributed by atoms with Crippen LogP contribution in [0.4, 0.5) is 5.69 Å². The van der Waals surface area contributed by atoms with Gasteiger partial charge in [0.05, 0.1) is 10.0 Å². The summed E-state index contributed by atoms with van der Waals surface area (Å²) in [5.74, 6) is 0. The maximum atomic E-state index is 12.9. The predicted octanol–water partition coefficient (Wildman–Crippen LogP) is 3.92. The van der Waals surface area contributed by atoms with Crippen LogP contribution in [0.2, 0.25) is 10.0 Å². The lowest BCUT2D eigenvalue weighted by molar-refractivity contribution is 0.239. The number of hydrogen-bond donors (Lipinski definition) is 1. The summed E-state index contributed by atoms with van der Waals surface area (Å²) in [4.78, 5) is -0.0250. The van der Waals surface area contributed by atoms with Crippen molar-refractivity contribution >= 4 is 38.9 Å². The monoisotopic (exact) mass is 350 g/mol. The van der Waals surface area contributed by atoms with Gasteiger partial charge in [0.15, 0.2) is 0 Å². The number of hydrogen-bond acceptors (Lipinski definition) is 3. The van der Waals surface area contributed by atoms with Crippen molar-refractivity contribution in [1.29, 1.82) is 0 Å². The Morgan fingerprint density at radius 3 is 2.48 bits per heavy atom. The molecular weight excluding hydrogens is 331 g/mol. The number of nitrogens with two attached hydrogens (primary N) is 1. The number of benzene rings is 1. The van der Waals surface area contributed by atoms with Gasteiger partial charge in [0, 0.05) is 18.3 Å². The van der Waals surface area contributed by atoms with Gasteiger partial charge in [-0.2, -0.15) is 4.31 Å². The lowest BCUT2D eigenvalue weighted by Crippen LogP contribution is -2.43. The third-order valence-corrected chi connectivity index (χ3v) is 6.66. The van der Waals surface area contributed by atoms with Crippen molar-refractivity contribution in [3.8, 4) is 0 Å². The van der Waals surface area contributed by atoms with E-state index in [1.165, 1.54) is 12.1 Å². The first-order chi connectivity index (χ1) is 9.87. The number of nitrogen functional groups attached to an aromatic ring is 1. The molecule has 1 fully saturated rings. The maximum Gasteiger partial charge on any atom is 0.246 e. The standard InChI is InChI=1S/C14H20Cl2N2O2S/c1-2-5-11-6-3-4-7-18(11)21(19,20)14-12(15)8-10(17)9-13(14)16/h8-9,11H,2-7,17H2,1H3. The Balaban J connectivity index is 2.45. The molecule has 1 aliphatic rings. The number of piperidine rings is 1. The number of sulfonamides is 1. The van der Waals surface area contributed by atoms with Crippen LogP contribution in [0.5, 0.6) is 0 Å². The molecule has 1 heterocycles. The number of rotatable bonds is 4. The molecule has 7 heteroatoms.